The van der Waals surface area contributed by atoms with Gasteiger partial charge in [0, 0.05) is 20.2 Å². The standard InChI is InChI=1S/C14H29NO3/c1-12(9-17-4)18-10-13(16)8-15-7-5-6-14(2,3)11-15/h12-13,16H,5-11H2,1-4H3. The van der Waals surface area contributed by atoms with E-state index in [0.29, 0.717) is 25.2 Å². The Morgan fingerprint density at radius 1 is 1.33 bits per heavy atom. The minimum absolute atomic E-state index is 0.0439. The fraction of sp³-hybridized carbons (Fsp3) is 1.00. The van der Waals surface area contributed by atoms with Crippen molar-refractivity contribution in [3.63, 3.8) is 0 Å². The van der Waals surface area contributed by atoms with Crippen molar-refractivity contribution in [2.75, 3.05) is 40.0 Å². The minimum atomic E-state index is -0.404. The topological polar surface area (TPSA) is 41.9 Å². The van der Waals surface area contributed by atoms with Gasteiger partial charge in [-0.3, -0.25) is 0 Å². The monoisotopic (exact) mass is 259 g/mol. The average Bonchev–Trinajstić information content (AvgIpc) is 2.25. The van der Waals surface area contributed by atoms with Gasteiger partial charge in [-0.05, 0) is 31.7 Å². The fourth-order valence-corrected chi connectivity index (χ4v) is 2.61. The molecule has 2 atom stereocenters. The van der Waals surface area contributed by atoms with Crippen molar-refractivity contribution in [2.45, 2.75) is 45.8 Å². The number of rotatable bonds is 7. The first-order chi connectivity index (χ1) is 8.43. The maximum absolute atomic E-state index is 9.98. The van der Waals surface area contributed by atoms with Crippen LogP contribution in [0.15, 0.2) is 0 Å². The number of nitrogens with zero attached hydrogens (tertiary/aromatic N) is 1. The molecule has 0 aromatic heterocycles. The lowest BCUT2D eigenvalue weighted by molar-refractivity contribution is -0.0446. The first-order valence-electron chi connectivity index (χ1n) is 6.94. The quantitative estimate of drug-likeness (QED) is 0.753. The normalized spacial score (nSPS) is 23.8. The summed E-state index contributed by atoms with van der Waals surface area (Å²) < 4.78 is 10.5. The summed E-state index contributed by atoms with van der Waals surface area (Å²) in [5.41, 5.74) is 0.377. The second-order valence-corrected chi connectivity index (χ2v) is 6.26. The second kappa shape index (κ2) is 7.43. The number of piperidine rings is 1. The van der Waals surface area contributed by atoms with Crippen molar-refractivity contribution in [3.05, 3.63) is 0 Å². The SMILES string of the molecule is COCC(C)OCC(O)CN1CCCC(C)(C)C1. The molecule has 0 spiro atoms. The first-order valence-corrected chi connectivity index (χ1v) is 6.94. The Kier molecular flexibility index (Phi) is 6.57. The van der Waals surface area contributed by atoms with Gasteiger partial charge < -0.3 is 19.5 Å². The highest BCUT2D eigenvalue weighted by Gasteiger charge is 2.27. The summed E-state index contributed by atoms with van der Waals surface area (Å²) in [6.07, 6.45) is 2.14. The van der Waals surface area contributed by atoms with Crippen LogP contribution in [0.5, 0.6) is 0 Å². The molecule has 1 heterocycles. The molecular formula is C14H29NO3. The van der Waals surface area contributed by atoms with Crippen molar-refractivity contribution in [3.8, 4) is 0 Å². The zero-order valence-corrected chi connectivity index (χ0v) is 12.3. The third kappa shape index (κ3) is 6.14. The number of β-amino-alcohol motifs (C(OH)–C–C–N with tert-alkyl or cyclic N) is 1. The van der Waals surface area contributed by atoms with E-state index in [1.54, 1.807) is 7.11 Å². The highest BCUT2D eigenvalue weighted by atomic mass is 16.5. The van der Waals surface area contributed by atoms with E-state index in [1.165, 1.54) is 12.8 Å². The van der Waals surface area contributed by atoms with E-state index in [2.05, 4.69) is 18.7 Å². The maximum atomic E-state index is 9.98. The molecule has 108 valence electrons. The van der Waals surface area contributed by atoms with Gasteiger partial charge in [-0.1, -0.05) is 13.8 Å². The summed E-state index contributed by atoms with van der Waals surface area (Å²) in [5, 5.41) is 9.98. The van der Waals surface area contributed by atoms with Gasteiger partial charge in [0.2, 0.25) is 0 Å². The molecule has 4 nitrogen and oxygen atoms in total. The van der Waals surface area contributed by atoms with Gasteiger partial charge in [-0.15, -0.1) is 0 Å². The van der Waals surface area contributed by atoms with E-state index in [-0.39, 0.29) is 6.10 Å². The molecule has 0 amide bonds. The molecule has 1 fully saturated rings. The molecule has 1 saturated heterocycles. The van der Waals surface area contributed by atoms with Gasteiger partial charge in [0.1, 0.15) is 0 Å². The molecule has 1 rings (SSSR count). The molecule has 0 aromatic rings. The average molecular weight is 259 g/mol. The maximum Gasteiger partial charge on any atom is 0.0900 e. The molecule has 0 radical (unpaired) electrons. The number of hydrogen-bond donors (Lipinski definition) is 1. The van der Waals surface area contributed by atoms with Gasteiger partial charge in [0.05, 0.1) is 25.4 Å². The van der Waals surface area contributed by atoms with Crippen LogP contribution in [0.25, 0.3) is 0 Å². The van der Waals surface area contributed by atoms with Crippen LogP contribution in [0, 0.1) is 5.41 Å². The molecule has 1 aliphatic heterocycles. The van der Waals surface area contributed by atoms with E-state index >= 15 is 0 Å². The zero-order valence-electron chi connectivity index (χ0n) is 12.3. The molecule has 4 heteroatoms. The van der Waals surface area contributed by atoms with Crippen molar-refractivity contribution < 1.29 is 14.6 Å². The number of methoxy groups -OCH3 is 1. The molecule has 1 N–H and O–H groups in total. The van der Waals surface area contributed by atoms with E-state index in [0.717, 1.165) is 13.1 Å². The van der Waals surface area contributed by atoms with E-state index < -0.39 is 6.10 Å². The highest BCUT2D eigenvalue weighted by molar-refractivity contribution is 4.80. The number of aliphatic hydroxyl groups is 1. The Hall–Kier alpha value is -0.160. The second-order valence-electron chi connectivity index (χ2n) is 6.26. The Bertz CT molecular complexity index is 233. The Morgan fingerprint density at radius 3 is 2.67 bits per heavy atom. The summed E-state index contributed by atoms with van der Waals surface area (Å²) in [6, 6.07) is 0. The van der Waals surface area contributed by atoms with E-state index in [4.69, 9.17) is 9.47 Å². The van der Waals surface area contributed by atoms with Crippen LogP contribution in [0.3, 0.4) is 0 Å². The summed E-state index contributed by atoms with van der Waals surface area (Å²) in [4.78, 5) is 2.35. The predicted molar refractivity (Wildman–Crippen MR) is 72.8 cm³/mol. The summed E-state index contributed by atoms with van der Waals surface area (Å²) in [7, 11) is 1.66. The Balaban J connectivity index is 2.21. The van der Waals surface area contributed by atoms with Gasteiger partial charge in [-0.25, -0.2) is 0 Å². The lowest BCUT2D eigenvalue weighted by atomic mass is 9.84. The van der Waals surface area contributed by atoms with Crippen LogP contribution in [-0.2, 0) is 9.47 Å². The van der Waals surface area contributed by atoms with Gasteiger partial charge in [0.25, 0.3) is 0 Å². The van der Waals surface area contributed by atoms with E-state index in [9.17, 15) is 5.11 Å². The molecule has 0 aromatic carbocycles. The van der Waals surface area contributed by atoms with Crippen LogP contribution in [0.1, 0.15) is 33.6 Å². The Morgan fingerprint density at radius 2 is 2.06 bits per heavy atom. The summed E-state index contributed by atoms with van der Waals surface area (Å²) >= 11 is 0. The van der Waals surface area contributed by atoms with Crippen molar-refractivity contribution in [1.82, 2.24) is 4.90 Å². The van der Waals surface area contributed by atoms with Crippen molar-refractivity contribution in [2.24, 2.45) is 5.41 Å². The fourth-order valence-electron chi connectivity index (χ4n) is 2.61. The molecule has 0 aliphatic carbocycles. The predicted octanol–water partition coefficient (Wildman–Crippen LogP) is 1.52. The van der Waals surface area contributed by atoms with Gasteiger partial charge in [0.15, 0.2) is 0 Å². The molecule has 18 heavy (non-hydrogen) atoms. The van der Waals surface area contributed by atoms with Gasteiger partial charge >= 0.3 is 0 Å². The molecule has 1 aliphatic rings. The third-order valence-electron chi connectivity index (χ3n) is 3.42. The largest absolute Gasteiger partial charge is 0.389 e. The van der Waals surface area contributed by atoms with Crippen LogP contribution >= 0.6 is 0 Å². The molecule has 0 bridgehead atoms. The number of hydrogen-bond acceptors (Lipinski definition) is 4. The summed E-state index contributed by atoms with van der Waals surface area (Å²) in [5.74, 6) is 0. The van der Waals surface area contributed by atoms with Crippen LogP contribution in [0.4, 0.5) is 0 Å². The summed E-state index contributed by atoms with van der Waals surface area (Å²) in [6.45, 7) is 10.4. The first kappa shape index (κ1) is 15.9. The molecule has 0 saturated carbocycles. The van der Waals surface area contributed by atoms with Gasteiger partial charge in [-0.2, -0.15) is 0 Å². The molecule has 2 unspecified atom stereocenters. The van der Waals surface area contributed by atoms with Crippen LogP contribution in [-0.4, -0.2) is 62.2 Å². The van der Waals surface area contributed by atoms with Crippen LogP contribution in [0.2, 0.25) is 0 Å². The number of aliphatic hydroxyl groups excluding tert-OH is 1. The lowest BCUT2D eigenvalue weighted by Crippen LogP contribution is -2.44. The van der Waals surface area contributed by atoms with Crippen molar-refractivity contribution >= 4 is 0 Å². The smallest absolute Gasteiger partial charge is 0.0900 e. The highest BCUT2D eigenvalue weighted by Crippen LogP contribution is 2.28. The van der Waals surface area contributed by atoms with E-state index in [1.807, 2.05) is 6.92 Å². The Labute approximate surface area is 111 Å². The lowest BCUT2D eigenvalue weighted by Gasteiger charge is -2.38. The molecular weight excluding hydrogens is 230 g/mol. The minimum Gasteiger partial charge on any atom is -0.389 e. The zero-order chi connectivity index (χ0) is 13.6. The number of likely N-dealkylation sites (tertiary alicyclic amines) is 1. The van der Waals surface area contributed by atoms with Crippen LogP contribution < -0.4 is 0 Å². The van der Waals surface area contributed by atoms with Crippen molar-refractivity contribution in [1.29, 1.82) is 0 Å². The third-order valence-corrected chi connectivity index (χ3v) is 3.42. The number of ether oxygens (including phenoxy) is 2.